The molecule has 2 aromatic carbocycles. The van der Waals surface area contributed by atoms with Crippen molar-refractivity contribution in [3.8, 4) is 11.1 Å². The van der Waals surface area contributed by atoms with Crippen LogP contribution < -0.4 is 21.5 Å². The number of aromatic nitrogens is 2. The Labute approximate surface area is 224 Å². The van der Waals surface area contributed by atoms with Gasteiger partial charge in [0.25, 0.3) is 5.56 Å². The lowest BCUT2D eigenvalue weighted by molar-refractivity contribution is 0.262. The number of carbonyl (C=O) groups is 1. The highest BCUT2D eigenvalue weighted by molar-refractivity contribution is 9.10. The van der Waals surface area contributed by atoms with Gasteiger partial charge in [0.1, 0.15) is 17.4 Å². The third-order valence-electron chi connectivity index (χ3n) is 5.62. The lowest BCUT2D eigenvalue weighted by Gasteiger charge is -2.15. The maximum Gasteiger partial charge on any atom is 0.323 e. The van der Waals surface area contributed by atoms with Gasteiger partial charge < -0.3 is 25.1 Å². The third-order valence-corrected chi connectivity index (χ3v) is 7.05. The maximum atomic E-state index is 14.7. The summed E-state index contributed by atoms with van der Waals surface area (Å²) in [6.45, 7) is 2.75. The predicted octanol–water partition coefficient (Wildman–Crippen LogP) is 5.42. The molecule has 0 aliphatic rings. The Kier molecular flexibility index (Phi) is 8.47. The van der Waals surface area contributed by atoms with Crippen LogP contribution in [0.3, 0.4) is 0 Å². The van der Waals surface area contributed by atoms with Crippen LogP contribution in [0.2, 0.25) is 0 Å². The first kappa shape index (κ1) is 26.6. The fraction of sp³-hybridized carbons (Fsp3) is 0.192. The van der Waals surface area contributed by atoms with E-state index in [1.807, 2.05) is 13.0 Å². The van der Waals surface area contributed by atoms with E-state index in [0.29, 0.717) is 56.9 Å². The normalized spacial score (nSPS) is 11.8. The van der Waals surface area contributed by atoms with E-state index in [-0.39, 0.29) is 11.2 Å². The number of fused-ring (bicyclic) bond motifs is 1. The van der Waals surface area contributed by atoms with Gasteiger partial charge in [-0.1, -0.05) is 45.3 Å². The molecule has 0 saturated heterocycles. The average Bonchev–Trinajstić information content (AvgIpc) is 2.86. The van der Waals surface area contributed by atoms with E-state index < -0.39 is 23.0 Å². The highest BCUT2D eigenvalue weighted by atomic mass is 79.9. The highest BCUT2D eigenvalue weighted by Gasteiger charge is 2.18. The summed E-state index contributed by atoms with van der Waals surface area (Å²) in [7, 11) is 0. The molecule has 192 valence electrons. The quantitative estimate of drug-likeness (QED) is 0.239. The summed E-state index contributed by atoms with van der Waals surface area (Å²) in [5.41, 5.74) is 1.66. The number of pyridine rings is 2. The minimum Gasteiger partial charge on any atom is -0.617 e. The second-order valence-corrected chi connectivity index (χ2v) is 10.6. The summed E-state index contributed by atoms with van der Waals surface area (Å²) in [6.07, 6.45) is 3.29. The van der Waals surface area contributed by atoms with Crippen LogP contribution in [0.5, 0.6) is 0 Å². The molecule has 0 radical (unpaired) electrons. The molecule has 2 aromatic heterocycles. The Balaban J connectivity index is 1.69. The van der Waals surface area contributed by atoms with E-state index in [1.165, 1.54) is 12.1 Å². The molecule has 2 amide bonds. The number of rotatable bonds is 8. The standard InChI is InChI=1S/C26H25BrFN5O3S/c1-3-33-23-14-24(29-9-10-37(2)36)30-15-16(23)11-19(25(33)34)18-12-22(21(28)13-20(18)27)32-26(35)31-17-7-5-4-6-8-17/h4-8,11-15H,3,9-10H2,1-2H3,(H,29,30)(H2,31,32,35). The largest absolute Gasteiger partial charge is 0.617 e. The van der Waals surface area contributed by atoms with Gasteiger partial charge >= 0.3 is 6.03 Å². The van der Waals surface area contributed by atoms with Crippen molar-refractivity contribution < 1.29 is 13.7 Å². The average molecular weight is 586 g/mol. The van der Waals surface area contributed by atoms with Crippen LogP contribution >= 0.6 is 15.9 Å². The van der Waals surface area contributed by atoms with Crippen LogP contribution in [-0.4, -0.2) is 38.7 Å². The zero-order valence-electron chi connectivity index (χ0n) is 20.2. The Morgan fingerprint density at radius 2 is 1.89 bits per heavy atom. The lowest BCUT2D eigenvalue weighted by atomic mass is 10.0. The molecule has 4 rings (SSSR count). The van der Waals surface area contributed by atoms with E-state index in [0.717, 1.165) is 0 Å². The van der Waals surface area contributed by atoms with Crippen LogP contribution in [0.1, 0.15) is 6.92 Å². The molecular weight excluding hydrogens is 561 g/mol. The van der Waals surface area contributed by atoms with Gasteiger partial charge in [0.05, 0.1) is 24.0 Å². The number of aryl methyl sites for hydroxylation is 1. The second kappa shape index (κ2) is 11.8. The Bertz CT molecular complexity index is 1500. The summed E-state index contributed by atoms with van der Waals surface area (Å²) >= 11 is 2.44. The molecule has 3 N–H and O–H groups in total. The molecule has 0 saturated carbocycles. The van der Waals surface area contributed by atoms with Gasteiger partial charge in [-0.3, -0.25) is 4.79 Å². The number of para-hydroxylation sites is 1. The monoisotopic (exact) mass is 585 g/mol. The van der Waals surface area contributed by atoms with E-state index in [9.17, 15) is 18.5 Å². The molecular formula is C26H25BrFN5O3S. The number of carbonyl (C=O) groups excluding carboxylic acids is 1. The van der Waals surface area contributed by atoms with Gasteiger partial charge in [0.15, 0.2) is 0 Å². The van der Waals surface area contributed by atoms with Crippen LogP contribution in [-0.2, 0) is 17.7 Å². The fourth-order valence-corrected chi connectivity index (χ4v) is 4.77. The van der Waals surface area contributed by atoms with Crippen LogP contribution in [0.25, 0.3) is 22.0 Å². The predicted molar refractivity (Wildman–Crippen MR) is 151 cm³/mol. The maximum absolute atomic E-state index is 14.7. The molecule has 0 aliphatic heterocycles. The molecule has 1 unspecified atom stereocenters. The van der Waals surface area contributed by atoms with E-state index in [4.69, 9.17) is 0 Å². The van der Waals surface area contributed by atoms with Crippen molar-refractivity contribution in [2.75, 3.05) is 34.5 Å². The second-order valence-electron chi connectivity index (χ2n) is 8.20. The molecule has 0 spiro atoms. The van der Waals surface area contributed by atoms with Crippen molar-refractivity contribution in [2.45, 2.75) is 13.5 Å². The van der Waals surface area contributed by atoms with Crippen molar-refractivity contribution in [2.24, 2.45) is 0 Å². The number of nitrogens with one attached hydrogen (secondary N) is 3. The molecule has 0 aliphatic carbocycles. The Morgan fingerprint density at radius 1 is 1.14 bits per heavy atom. The van der Waals surface area contributed by atoms with Gasteiger partial charge in [-0.15, -0.1) is 0 Å². The number of hydrogen-bond acceptors (Lipinski definition) is 5. The summed E-state index contributed by atoms with van der Waals surface area (Å²) in [4.78, 5) is 30.4. The van der Waals surface area contributed by atoms with E-state index in [1.54, 1.807) is 53.4 Å². The molecule has 4 aromatic rings. The minimum atomic E-state index is -0.928. The number of halogens is 2. The van der Waals surface area contributed by atoms with Crippen LogP contribution in [0, 0.1) is 5.82 Å². The van der Waals surface area contributed by atoms with Crippen molar-refractivity contribution >= 4 is 61.2 Å². The van der Waals surface area contributed by atoms with Gasteiger partial charge in [0, 0.05) is 45.5 Å². The first-order chi connectivity index (χ1) is 17.8. The summed E-state index contributed by atoms with van der Waals surface area (Å²) in [5, 5.41) is 9.01. The van der Waals surface area contributed by atoms with E-state index in [2.05, 4.69) is 36.9 Å². The SMILES string of the molecule is CCn1c(=O)c(-c2cc(NC(=O)Nc3ccccc3)c(F)cc2Br)cc2cnc(NCC[S+](C)[O-])cc21. The zero-order valence-corrected chi connectivity index (χ0v) is 22.6. The molecule has 0 fully saturated rings. The number of anilines is 3. The summed E-state index contributed by atoms with van der Waals surface area (Å²) < 4.78 is 28.1. The highest BCUT2D eigenvalue weighted by Crippen LogP contribution is 2.33. The topological polar surface area (TPSA) is 111 Å². The Morgan fingerprint density at radius 3 is 2.59 bits per heavy atom. The first-order valence-corrected chi connectivity index (χ1v) is 14.0. The van der Waals surface area contributed by atoms with Crippen LogP contribution in [0.15, 0.2) is 70.1 Å². The molecule has 2 heterocycles. The number of amides is 2. The smallest absolute Gasteiger partial charge is 0.323 e. The lowest BCUT2D eigenvalue weighted by Crippen LogP contribution is -2.22. The summed E-state index contributed by atoms with van der Waals surface area (Å²) in [6, 6.07) is 14.3. The van der Waals surface area contributed by atoms with E-state index >= 15 is 0 Å². The summed E-state index contributed by atoms with van der Waals surface area (Å²) in [5.74, 6) is 0.407. The third kappa shape index (κ3) is 6.30. The minimum absolute atomic E-state index is 0.0693. The van der Waals surface area contributed by atoms with Crippen LogP contribution in [0.4, 0.5) is 26.4 Å². The van der Waals surface area contributed by atoms with Crippen molar-refractivity contribution in [1.82, 2.24) is 9.55 Å². The number of hydrogen-bond donors (Lipinski definition) is 3. The van der Waals surface area contributed by atoms with Gasteiger partial charge in [0.2, 0.25) is 0 Å². The number of benzene rings is 2. The van der Waals surface area contributed by atoms with Gasteiger partial charge in [-0.25, -0.2) is 14.2 Å². The molecule has 37 heavy (non-hydrogen) atoms. The molecule has 0 bridgehead atoms. The zero-order chi connectivity index (χ0) is 26.5. The van der Waals surface area contributed by atoms with Crippen molar-refractivity contribution in [3.05, 3.63) is 81.4 Å². The Hall–Kier alpha value is -3.41. The van der Waals surface area contributed by atoms with Gasteiger partial charge in [-0.05, 0) is 37.3 Å². The number of nitrogens with zero attached hydrogens (tertiary/aromatic N) is 2. The molecule has 11 heteroatoms. The number of urea groups is 1. The first-order valence-electron chi connectivity index (χ1n) is 11.5. The molecule has 8 nitrogen and oxygen atoms in total. The fourth-order valence-electron chi connectivity index (χ4n) is 3.86. The van der Waals surface area contributed by atoms with Gasteiger partial charge in [-0.2, -0.15) is 0 Å². The van der Waals surface area contributed by atoms with Crippen molar-refractivity contribution in [3.63, 3.8) is 0 Å². The van der Waals surface area contributed by atoms with Crippen molar-refractivity contribution in [1.29, 1.82) is 0 Å². The molecule has 1 atom stereocenters.